The van der Waals surface area contributed by atoms with Crippen LogP contribution < -0.4 is 19.6 Å². The van der Waals surface area contributed by atoms with Crippen LogP contribution in [0.5, 0.6) is 17.2 Å². The van der Waals surface area contributed by atoms with Crippen LogP contribution >= 0.6 is 0 Å². The Hall–Kier alpha value is -3.28. The standard InChI is InChI=1S/C21H23N3O3/c1-5-27-16-7-8-17-18(12-16)23-14(2)10-19(17)24-22-13-15-6-9-20(25-3)21(11-15)26-4/h6-13H,5H2,1-4H3,(H,23,24)/b22-13+. The number of rotatable bonds is 7. The lowest BCUT2D eigenvalue weighted by Gasteiger charge is -2.10. The van der Waals surface area contributed by atoms with Crippen LogP contribution in [0.4, 0.5) is 5.69 Å². The monoisotopic (exact) mass is 365 g/mol. The van der Waals surface area contributed by atoms with Crippen LogP contribution in [-0.4, -0.2) is 32.0 Å². The van der Waals surface area contributed by atoms with E-state index in [-0.39, 0.29) is 0 Å². The van der Waals surface area contributed by atoms with E-state index < -0.39 is 0 Å². The summed E-state index contributed by atoms with van der Waals surface area (Å²) in [6.07, 6.45) is 1.73. The quantitative estimate of drug-likeness (QED) is 0.496. The third kappa shape index (κ3) is 4.28. The summed E-state index contributed by atoms with van der Waals surface area (Å²) in [7, 11) is 3.22. The average Bonchev–Trinajstić information content (AvgIpc) is 2.67. The molecule has 0 saturated heterocycles. The Morgan fingerprint density at radius 2 is 1.85 bits per heavy atom. The van der Waals surface area contributed by atoms with E-state index in [1.165, 1.54) is 0 Å². The molecule has 0 radical (unpaired) electrons. The summed E-state index contributed by atoms with van der Waals surface area (Å²) >= 11 is 0. The molecule has 0 aliphatic heterocycles. The van der Waals surface area contributed by atoms with Gasteiger partial charge in [0.25, 0.3) is 0 Å². The lowest BCUT2D eigenvalue weighted by molar-refractivity contribution is 0.340. The first kappa shape index (κ1) is 18.5. The predicted octanol–water partition coefficient (Wildman–Crippen LogP) is 4.41. The van der Waals surface area contributed by atoms with Gasteiger partial charge < -0.3 is 14.2 Å². The number of pyridine rings is 1. The molecule has 0 fully saturated rings. The van der Waals surface area contributed by atoms with Crippen molar-refractivity contribution >= 4 is 22.8 Å². The van der Waals surface area contributed by atoms with Gasteiger partial charge in [0.15, 0.2) is 11.5 Å². The van der Waals surface area contributed by atoms with E-state index in [1.807, 2.05) is 56.3 Å². The zero-order valence-corrected chi connectivity index (χ0v) is 15.9. The Morgan fingerprint density at radius 1 is 1.04 bits per heavy atom. The molecule has 0 bridgehead atoms. The van der Waals surface area contributed by atoms with Crippen molar-refractivity contribution in [1.29, 1.82) is 0 Å². The minimum Gasteiger partial charge on any atom is -0.494 e. The molecule has 0 atom stereocenters. The van der Waals surface area contributed by atoms with Gasteiger partial charge in [-0.25, -0.2) is 0 Å². The SMILES string of the molecule is CCOc1ccc2c(N/N=C/c3ccc(OC)c(OC)c3)cc(C)nc2c1. The molecule has 0 aliphatic rings. The van der Waals surface area contributed by atoms with Gasteiger partial charge in [0.05, 0.1) is 38.2 Å². The highest BCUT2D eigenvalue weighted by molar-refractivity contribution is 5.93. The van der Waals surface area contributed by atoms with Crippen molar-refractivity contribution < 1.29 is 14.2 Å². The average molecular weight is 365 g/mol. The smallest absolute Gasteiger partial charge is 0.161 e. The van der Waals surface area contributed by atoms with Crippen molar-refractivity contribution in [3.63, 3.8) is 0 Å². The highest BCUT2D eigenvalue weighted by Crippen LogP contribution is 2.28. The molecular weight excluding hydrogens is 342 g/mol. The summed E-state index contributed by atoms with van der Waals surface area (Å²) in [6, 6.07) is 13.5. The zero-order chi connectivity index (χ0) is 19.2. The van der Waals surface area contributed by atoms with E-state index in [0.717, 1.165) is 33.6 Å². The fraction of sp³-hybridized carbons (Fsp3) is 0.238. The fourth-order valence-corrected chi connectivity index (χ4v) is 2.80. The molecular formula is C21H23N3O3. The molecule has 0 spiro atoms. The number of hydrogen-bond donors (Lipinski definition) is 1. The van der Waals surface area contributed by atoms with E-state index in [0.29, 0.717) is 18.1 Å². The number of anilines is 1. The van der Waals surface area contributed by atoms with Gasteiger partial charge in [-0.3, -0.25) is 10.4 Å². The molecule has 0 aliphatic carbocycles. The summed E-state index contributed by atoms with van der Waals surface area (Å²) in [4.78, 5) is 4.58. The first-order valence-corrected chi connectivity index (χ1v) is 8.70. The summed E-state index contributed by atoms with van der Waals surface area (Å²) in [5.74, 6) is 2.15. The van der Waals surface area contributed by atoms with Crippen LogP contribution in [-0.2, 0) is 0 Å². The number of aromatic nitrogens is 1. The lowest BCUT2D eigenvalue weighted by atomic mass is 10.1. The molecule has 0 amide bonds. The van der Waals surface area contributed by atoms with Crippen molar-refractivity contribution in [3.05, 3.63) is 53.7 Å². The van der Waals surface area contributed by atoms with E-state index >= 15 is 0 Å². The van der Waals surface area contributed by atoms with Crippen LogP contribution in [0.3, 0.4) is 0 Å². The topological polar surface area (TPSA) is 65.0 Å². The number of benzene rings is 2. The van der Waals surface area contributed by atoms with Crippen LogP contribution in [0.25, 0.3) is 10.9 Å². The zero-order valence-electron chi connectivity index (χ0n) is 15.9. The summed E-state index contributed by atoms with van der Waals surface area (Å²) in [6.45, 7) is 4.54. The minimum atomic E-state index is 0.623. The van der Waals surface area contributed by atoms with Crippen LogP contribution in [0.1, 0.15) is 18.2 Å². The van der Waals surface area contributed by atoms with Crippen molar-refractivity contribution in [3.8, 4) is 17.2 Å². The number of aryl methyl sites for hydroxylation is 1. The summed E-state index contributed by atoms with van der Waals surface area (Å²) < 4.78 is 16.1. The van der Waals surface area contributed by atoms with Gasteiger partial charge in [-0.1, -0.05) is 0 Å². The molecule has 140 valence electrons. The van der Waals surface area contributed by atoms with Gasteiger partial charge in [-0.05, 0) is 55.8 Å². The Balaban J connectivity index is 1.85. The maximum atomic E-state index is 5.56. The predicted molar refractivity (Wildman–Crippen MR) is 108 cm³/mol. The molecule has 3 aromatic rings. The lowest BCUT2D eigenvalue weighted by Crippen LogP contribution is -1.97. The number of hydrazone groups is 1. The van der Waals surface area contributed by atoms with Gasteiger partial charge in [-0.2, -0.15) is 5.10 Å². The first-order chi connectivity index (χ1) is 13.1. The van der Waals surface area contributed by atoms with E-state index in [1.54, 1.807) is 20.4 Å². The number of nitrogens with one attached hydrogen (secondary N) is 1. The van der Waals surface area contributed by atoms with Crippen molar-refractivity contribution in [2.24, 2.45) is 5.10 Å². The molecule has 1 N–H and O–H groups in total. The van der Waals surface area contributed by atoms with Crippen molar-refractivity contribution in [2.45, 2.75) is 13.8 Å². The molecule has 3 rings (SSSR count). The molecule has 0 unspecified atom stereocenters. The van der Waals surface area contributed by atoms with E-state index in [2.05, 4.69) is 15.5 Å². The number of fused-ring (bicyclic) bond motifs is 1. The molecule has 6 heteroatoms. The molecule has 2 aromatic carbocycles. The van der Waals surface area contributed by atoms with E-state index in [9.17, 15) is 0 Å². The number of methoxy groups -OCH3 is 2. The number of hydrogen-bond acceptors (Lipinski definition) is 6. The highest BCUT2D eigenvalue weighted by atomic mass is 16.5. The molecule has 27 heavy (non-hydrogen) atoms. The Morgan fingerprint density at radius 3 is 2.59 bits per heavy atom. The summed E-state index contributed by atoms with van der Waals surface area (Å²) in [5, 5.41) is 5.34. The first-order valence-electron chi connectivity index (χ1n) is 8.70. The second-order valence-corrected chi connectivity index (χ2v) is 5.91. The number of nitrogens with zero attached hydrogens (tertiary/aromatic N) is 2. The van der Waals surface area contributed by atoms with Crippen molar-refractivity contribution in [1.82, 2.24) is 4.98 Å². The minimum absolute atomic E-state index is 0.623. The van der Waals surface area contributed by atoms with Crippen LogP contribution in [0.2, 0.25) is 0 Å². The third-order valence-electron chi connectivity index (χ3n) is 4.03. The maximum absolute atomic E-state index is 5.56. The second-order valence-electron chi connectivity index (χ2n) is 5.91. The largest absolute Gasteiger partial charge is 0.494 e. The maximum Gasteiger partial charge on any atom is 0.161 e. The fourth-order valence-electron chi connectivity index (χ4n) is 2.80. The summed E-state index contributed by atoms with van der Waals surface area (Å²) in [5.41, 5.74) is 6.66. The van der Waals surface area contributed by atoms with E-state index in [4.69, 9.17) is 14.2 Å². The molecule has 1 heterocycles. The normalized spacial score (nSPS) is 11.0. The van der Waals surface area contributed by atoms with Gasteiger partial charge in [0, 0.05) is 17.1 Å². The third-order valence-corrected chi connectivity index (χ3v) is 4.03. The highest BCUT2D eigenvalue weighted by Gasteiger charge is 2.06. The number of ether oxygens (including phenoxy) is 3. The molecule has 0 saturated carbocycles. The van der Waals surface area contributed by atoms with Crippen LogP contribution in [0, 0.1) is 6.92 Å². The van der Waals surface area contributed by atoms with Gasteiger partial charge >= 0.3 is 0 Å². The van der Waals surface area contributed by atoms with Gasteiger partial charge in [0.2, 0.25) is 0 Å². The van der Waals surface area contributed by atoms with Crippen LogP contribution in [0.15, 0.2) is 47.6 Å². The van der Waals surface area contributed by atoms with Gasteiger partial charge in [0.1, 0.15) is 5.75 Å². The van der Waals surface area contributed by atoms with Gasteiger partial charge in [-0.15, -0.1) is 0 Å². The Kier molecular flexibility index (Phi) is 5.76. The Labute approximate surface area is 158 Å². The molecule has 1 aromatic heterocycles. The second kappa shape index (κ2) is 8.40. The molecule has 6 nitrogen and oxygen atoms in total. The Bertz CT molecular complexity index is 970. The van der Waals surface area contributed by atoms with Crippen molar-refractivity contribution in [2.75, 3.05) is 26.3 Å².